The highest BCUT2D eigenvalue weighted by atomic mass is 19.1. The minimum atomic E-state index is -0.663. The Morgan fingerprint density at radius 1 is 1.10 bits per heavy atom. The van der Waals surface area contributed by atoms with Crippen molar-refractivity contribution in [1.29, 1.82) is 0 Å². The Labute approximate surface area is 120 Å². The summed E-state index contributed by atoms with van der Waals surface area (Å²) in [5.74, 6) is -0.254. The van der Waals surface area contributed by atoms with E-state index in [9.17, 15) is 8.78 Å². The standard InChI is InChI=1S/C9H10F2O.C7H14O/c1-6(2)12-9-4-3-7(10)5-8(9)11;1-6(2)8-5-7-3-4-7/h3-6H,1-2H3;6-7H,3-5H2,1-2H3. The first kappa shape index (κ1) is 16.9. The molecule has 0 heterocycles. The van der Waals surface area contributed by atoms with Crippen molar-refractivity contribution in [2.24, 2.45) is 5.92 Å². The van der Waals surface area contributed by atoms with Gasteiger partial charge < -0.3 is 9.47 Å². The van der Waals surface area contributed by atoms with Crippen LogP contribution in [0, 0.1) is 17.6 Å². The molecule has 1 aliphatic rings. The Bertz CT molecular complexity index is 399. The van der Waals surface area contributed by atoms with Gasteiger partial charge in [-0.05, 0) is 58.6 Å². The molecular weight excluding hydrogens is 262 g/mol. The molecule has 1 aromatic carbocycles. The smallest absolute Gasteiger partial charge is 0.167 e. The lowest BCUT2D eigenvalue weighted by Gasteiger charge is -2.09. The van der Waals surface area contributed by atoms with Crippen molar-refractivity contribution < 1.29 is 18.3 Å². The Morgan fingerprint density at radius 3 is 2.20 bits per heavy atom. The summed E-state index contributed by atoms with van der Waals surface area (Å²) in [6, 6.07) is 3.25. The van der Waals surface area contributed by atoms with Crippen LogP contribution < -0.4 is 4.74 Å². The van der Waals surface area contributed by atoms with Crippen molar-refractivity contribution >= 4 is 0 Å². The molecule has 0 spiro atoms. The molecule has 1 aliphatic carbocycles. The fourth-order valence-corrected chi connectivity index (χ4v) is 1.44. The van der Waals surface area contributed by atoms with Gasteiger partial charge in [0.05, 0.1) is 12.2 Å². The van der Waals surface area contributed by atoms with E-state index >= 15 is 0 Å². The third-order valence-corrected chi connectivity index (χ3v) is 2.62. The predicted molar refractivity (Wildman–Crippen MR) is 75.9 cm³/mol. The van der Waals surface area contributed by atoms with Crippen LogP contribution in [-0.2, 0) is 4.74 Å². The molecule has 20 heavy (non-hydrogen) atoms. The first-order valence-corrected chi connectivity index (χ1v) is 7.11. The summed E-state index contributed by atoms with van der Waals surface area (Å²) < 4.78 is 35.7. The fourth-order valence-electron chi connectivity index (χ4n) is 1.44. The SMILES string of the molecule is CC(C)OCC1CC1.CC(C)Oc1ccc(F)cc1F. The summed E-state index contributed by atoms with van der Waals surface area (Å²) in [7, 11) is 0. The molecular formula is C16H24F2O2. The number of ether oxygens (including phenoxy) is 2. The lowest BCUT2D eigenvalue weighted by molar-refractivity contribution is 0.0707. The molecule has 0 amide bonds. The average molecular weight is 286 g/mol. The second-order valence-electron chi connectivity index (χ2n) is 5.57. The van der Waals surface area contributed by atoms with Gasteiger partial charge in [0.15, 0.2) is 11.6 Å². The van der Waals surface area contributed by atoms with Gasteiger partial charge in [-0.3, -0.25) is 0 Å². The van der Waals surface area contributed by atoms with Gasteiger partial charge in [0.25, 0.3) is 0 Å². The van der Waals surface area contributed by atoms with Crippen LogP contribution in [0.2, 0.25) is 0 Å². The Hall–Kier alpha value is -1.16. The molecule has 0 saturated heterocycles. The summed E-state index contributed by atoms with van der Waals surface area (Å²) in [6.45, 7) is 8.73. The van der Waals surface area contributed by atoms with Crippen molar-refractivity contribution in [1.82, 2.24) is 0 Å². The molecule has 1 saturated carbocycles. The maximum Gasteiger partial charge on any atom is 0.167 e. The molecule has 0 bridgehead atoms. The van der Waals surface area contributed by atoms with E-state index in [4.69, 9.17) is 9.47 Å². The van der Waals surface area contributed by atoms with Gasteiger partial charge in [0.1, 0.15) is 5.82 Å². The van der Waals surface area contributed by atoms with Crippen LogP contribution in [-0.4, -0.2) is 18.8 Å². The van der Waals surface area contributed by atoms with Crippen molar-refractivity contribution in [3.63, 3.8) is 0 Å². The molecule has 114 valence electrons. The molecule has 1 aromatic rings. The molecule has 0 unspecified atom stereocenters. The minimum Gasteiger partial charge on any atom is -0.488 e. The average Bonchev–Trinajstić information content (AvgIpc) is 3.14. The summed E-state index contributed by atoms with van der Waals surface area (Å²) in [5, 5.41) is 0. The van der Waals surface area contributed by atoms with Gasteiger partial charge in [-0.25, -0.2) is 8.78 Å². The summed E-state index contributed by atoms with van der Waals surface area (Å²) in [4.78, 5) is 0. The molecule has 0 aromatic heterocycles. The van der Waals surface area contributed by atoms with Gasteiger partial charge >= 0.3 is 0 Å². The van der Waals surface area contributed by atoms with Crippen LogP contribution in [0.1, 0.15) is 40.5 Å². The third-order valence-electron chi connectivity index (χ3n) is 2.62. The first-order valence-electron chi connectivity index (χ1n) is 7.11. The number of hydrogen-bond donors (Lipinski definition) is 0. The van der Waals surface area contributed by atoms with Crippen molar-refractivity contribution in [3.8, 4) is 5.75 Å². The lowest BCUT2D eigenvalue weighted by Crippen LogP contribution is -2.06. The van der Waals surface area contributed by atoms with E-state index < -0.39 is 11.6 Å². The van der Waals surface area contributed by atoms with Gasteiger partial charge in [-0.15, -0.1) is 0 Å². The van der Waals surface area contributed by atoms with E-state index in [-0.39, 0.29) is 11.9 Å². The topological polar surface area (TPSA) is 18.5 Å². The summed E-state index contributed by atoms with van der Waals surface area (Å²) >= 11 is 0. The zero-order valence-corrected chi connectivity index (χ0v) is 12.7. The molecule has 2 rings (SSSR count). The monoisotopic (exact) mass is 286 g/mol. The maximum absolute atomic E-state index is 12.8. The molecule has 0 atom stereocenters. The Balaban J connectivity index is 0.000000217. The lowest BCUT2D eigenvalue weighted by atomic mass is 10.3. The zero-order valence-electron chi connectivity index (χ0n) is 12.7. The Morgan fingerprint density at radius 2 is 1.75 bits per heavy atom. The van der Waals surface area contributed by atoms with Crippen LogP contribution in [0.15, 0.2) is 18.2 Å². The van der Waals surface area contributed by atoms with Crippen LogP contribution >= 0.6 is 0 Å². The van der Waals surface area contributed by atoms with Crippen LogP contribution in [0.3, 0.4) is 0 Å². The van der Waals surface area contributed by atoms with Gasteiger partial charge in [0.2, 0.25) is 0 Å². The molecule has 0 radical (unpaired) electrons. The first-order chi connectivity index (χ1) is 9.38. The largest absolute Gasteiger partial charge is 0.488 e. The summed E-state index contributed by atoms with van der Waals surface area (Å²) in [5.41, 5.74) is 0. The fraction of sp³-hybridized carbons (Fsp3) is 0.625. The van der Waals surface area contributed by atoms with Crippen LogP contribution in [0.25, 0.3) is 0 Å². The second kappa shape index (κ2) is 8.20. The summed E-state index contributed by atoms with van der Waals surface area (Å²) in [6.07, 6.45) is 3.11. The quantitative estimate of drug-likeness (QED) is 0.789. The van der Waals surface area contributed by atoms with Gasteiger partial charge in [-0.1, -0.05) is 0 Å². The van der Waals surface area contributed by atoms with Crippen molar-refractivity contribution in [2.75, 3.05) is 6.61 Å². The second-order valence-corrected chi connectivity index (χ2v) is 5.57. The number of rotatable bonds is 5. The molecule has 2 nitrogen and oxygen atoms in total. The van der Waals surface area contributed by atoms with Gasteiger partial charge in [0, 0.05) is 12.7 Å². The number of benzene rings is 1. The maximum atomic E-state index is 12.8. The van der Waals surface area contributed by atoms with Crippen LogP contribution in [0.4, 0.5) is 8.78 Å². The molecule has 1 fully saturated rings. The number of hydrogen-bond acceptors (Lipinski definition) is 2. The Kier molecular flexibility index (Phi) is 6.93. The van der Waals surface area contributed by atoms with Crippen LogP contribution in [0.5, 0.6) is 5.75 Å². The minimum absolute atomic E-state index is 0.0893. The zero-order chi connectivity index (χ0) is 15.1. The highest BCUT2D eigenvalue weighted by molar-refractivity contribution is 5.24. The van der Waals surface area contributed by atoms with E-state index in [1.165, 1.54) is 25.0 Å². The van der Waals surface area contributed by atoms with E-state index in [1.807, 2.05) is 0 Å². The van der Waals surface area contributed by atoms with E-state index in [2.05, 4.69) is 13.8 Å². The molecule has 0 aliphatic heterocycles. The van der Waals surface area contributed by atoms with Crippen molar-refractivity contribution in [3.05, 3.63) is 29.8 Å². The highest BCUT2D eigenvalue weighted by Gasteiger charge is 2.21. The highest BCUT2D eigenvalue weighted by Crippen LogP contribution is 2.29. The normalized spacial score (nSPS) is 14.2. The molecule has 0 N–H and O–H groups in total. The van der Waals surface area contributed by atoms with E-state index in [0.717, 1.165) is 18.6 Å². The van der Waals surface area contributed by atoms with Gasteiger partial charge in [-0.2, -0.15) is 0 Å². The third kappa shape index (κ3) is 7.43. The van der Waals surface area contributed by atoms with Crippen molar-refractivity contribution in [2.45, 2.75) is 52.7 Å². The van der Waals surface area contributed by atoms with E-state index in [0.29, 0.717) is 6.10 Å². The molecule has 4 heteroatoms. The predicted octanol–water partition coefficient (Wildman–Crippen LogP) is 4.57. The number of halogens is 2. The van der Waals surface area contributed by atoms with E-state index in [1.54, 1.807) is 13.8 Å².